The van der Waals surface area contributed by atoms with Crippen LogP contribution in [-0.2, 0) is 6.54 Å². The SMILES string of the molecule is NCCn1nnnc1-c1ccco1. The molecule has 0 aromatic carbocycles. The molecule has 0 saturated heterocycles. The molecule has 0 aliphatic carbocycles. The van der Waals surface area contributed by atoms with Crippen molar-refractivity contribution in [1.29, 1.82) is 0 Å². The van der Waals surface area contributed by atoms with E-state index >= 15 is 0 Å². The molecule has 0 radical (unpaired) electrons. The highest BCUT2D eigenvalue weighted by atomic mass is 16.3. The summed E-state index contributed by atoms with van der Waals surface area (Å²) in [6, 6.07) is 3.59. The number of aromatic nitrogens is 4. The summed E-state index contributed by atoms with van der Waals surface area (Å²) >= 11 is 0. The number of nitrogens with zero attached hydrogens (tertiary/aromatic N) is 4. The summed E-state index contributed by atoms with van der Waals surface area (Å²) in [7, 11) is 0. The van der Waals surface area contributed by atoms with Gasteiger partial charge in [0.1, 0.15) is 0 Å². The monoisotopic (exact) mass is 179 g/mol. The molecular weight excluding hydrogens is 170 g/mol. The molecule has 0 unspecified atom stereocenters. The Morgan fingerprint density at radius 1 is 1.54 bits per heavy atom. The van der Waals surface area contributed by atoms with Crippen molar-refractivity contribution in [2.24, 2.45) is 5.73 Å². The maximum atomic E-state index is 5.40. The molecule has 6 heteroatoms. The minimum atomic E-state index is 0.499. The van der Waals surface area contributed by atoms with Gasteiger partial charge in [0.2, 0.25) is 5.82 Å². The third-order valence-electron chi connectivity index (χ3n) is 1.61. The zero-order valence-electron chi connectivity index (χ0n) is 6.92. The van der Waals surface area contributed by atoms with Crippen molar-refractivity contribution < 1.29 is 4.42 Å². The van der Waals surface area contributed by atoms with Crippen LogP contribution >= 0.6 is 0 Å². The Hall–Kier alpha value is -1.69. The van der Waals surface area contributed by atoms with Crippen molar-refractivity contribution in [3.8, 4) is 11.6 Å². The van der Waals surface area contributed by atoms with Gasteiger partial charge in [-0.3, -0.25) is 0 Å². The highest BCUT2D eigenvalue weighted by Crippen LogP contribution is 2.14. The van der Waals surface area contributed by atoms with E-state index in [1.165, 1.54) is 0 Å². The molecule has 0 aliphatic rings. The fraction of sp³-hybridized carbons (Fsp3) is 0.286. The van der Waals surface area contributed by atoms with Gasteiger partial charge in [-0.15, -0.1) is 5.10 Å². The van der Waals surface area contributed by atoms with Gasteiger partial charge in [-0.1, -0.05) is 0 Å². The molecule has 0 atom stereocenters. The first-order valence-electron chi connectivity index (χ1n) is 3.92. The average molecular weight is 179 g/mol. The minimum Gasteiger partial charge on any atom is -0.461 e. The molecule has 2 rings (SSSR count). The van der Waals surface area contributed by atoms with Crippen LogP contribution in [-0.4, -0.2) is 26.8 Å². The molecule has 0 spiro atoms. The molecule has 0 bridgehead atoms. The van der Waals surface area contributed by atoms with E-state index in [1.807, 2.05) is 0 Å². The van der Waals surface area contributed by atoms with Crippen LogP contribution in [0.1, 0.15) is 0 Å². The Kier molecular flexibility index (Phi) is 2.05. The van der Waals surface area contributed by atoms with E-state index in [2.05, 4.69) is 15.5 Å². The lowest BCUT2D eigenvalue weighted by Crippen LogP contribution is -2.12. The van der Waals surface area contributed by atoms with Crippen LogP contribution in [0.4, 0.5) is 0 Å². The molecular formula is C7H9N5O. The molecule has 0 fully saturated rings. The first-order valence-corrected chi connectivity index (χ1v) is 3.92. The van der Waals surface area contributed by atoms with Gasteiger partial charge >= 0.3 is 0 Å². The molecule has 2 aromatic rings. The van der Waals surface area contributed by atoms with Crippen molar-refractivity contribution in [2.45, 2.75) is 6.54 Å². The number of furan rings is 1. The van der Waals surface area contributed by atoms with Crippen LogP contribution in [0, 0.1) is 0 Å². The molecule has 2 aromatic heterocycles. The zero-order chi connectivity index (χ0) is 9.10. The average Bonchev–Trinajstić information content (AvgIpc) is 2.71. The molecule has 6 nitrogen and oxygen atoms in total. The van der Waals surface area contributed by atoms with Gasteiger partial charge in [0.05, 0.1) is 12.8 Å². The van der Waals surface area contributed by atoms with Gasteiger partial charge in [0, 0.05) is 6.54 Å². The Balaban J connectivity index is 2.35. The van der Waals surface area contributed by atoms with Crippen LogP contribution in [0.25, 0.3) is 11.6 Å². The van der Waals surface area contributed by atoms with E-state index in [1.54, 1.807) is 23.1 Å². The van der Waals surface area contributed by atoms with Crippen molar-refractivity contribution in [2.75, 3.05) is 6.54 Å². The summed E-state index contributed by atoms with van der Waals surface area (Å²) in [5, 5.41) is 11.2. The van der Waals surface area contributed by atoms with Gasteiger partial charge in [-0.05, 0) is 22.6 Å². The molecule has 68 valence electrons. The highest BCUT2D eigenvalue weighted by Gasteiger charge is 2.09. The lowest BCUT2D eigenvalue weighted by atomic mass is 10.4. The highest BCUT2D eigenvalue weighted by molar-refractivity contribution is 5.44. The maximum Gasteiger partial charge on any atom is 0.217 e. The predicted octanol–water partition coefficient (Wildman–Crippen LogP) is -0.108. The second kappa shape index (κ2) is 3.36. The summed E-state index contributed by atoms with van der Waals surface area (Å²) in [6.45, 7) is 1.09. The van der Waals surface area contributed by atoms with Crippen LogP contribution in [0.5, 0.6) is 0 Å². The first-order chi connectivity index (χ1) is 6.42. The normalized spacial score (nSPS) is 10.5. The van der Waals surface area contributed by atoms with Crippen molar-refractivity contribution >= 4 is 0 Å². The van der Waals surface area contributed by atoms with Crippen molar-refractivity contribution in [3.05, 3.63) is 18.4 Å². The second-order valence-electron chi connectivity index (χ2n) is 2.49. The Morgan fingerprint density at radius 3 is 3.15 bits per heavy atom. The largest absolute Gasteiger partial charge is 0.461 e. The first kappa shape index (κ1) is 7.93. The number of hydrogen-bond donors (Lipinski definition) is 1. The smallest absolute Gasteiger partial charge is 0.217 e. The Bertz CT molecular complexity index is 366. The fourth-order valence-electron chi connectivity index (χ4n) is 1.06. The predicted molar refractivity (Wildman–Crippen MR) is 44.6 cm³/mol. The Labute approximate surface area is 74.3 Å². The molecule has 2 heterocycles. The van der Waals surface area contributed by atoms with Gasteiger partial charge in [-0.2, -0.15) is 0 Å². The summed E-state index contributed by atoms with van der Waals surface area (Å²) < 4.78 is 6.77. The van der Waals surface area contributed by atoms with Gasteiger partial charge in [0.25, 0.3) is 0 Å². The topological polar surface area (TPSA) is 82.8 Å². The van der Waals surface area contributed by atoms with Crippen LogP contribution < -0.4 is 5.73 Å². The zero-order valence-corrected chi connectivity index (χ0v) is 6.92. The molecule has 0 amide bonds. The number of rotatable bonds is 3. The Morgan fingerprint density at radius 2 is 2.46 bits per heavy atom. The summed E-state index contributed by atoms with van der Waals surface area (Å²) in [5.41, 5.74) is 5.40. The molecule has 0 aliphatic heterocycles. The van der Waals surface area contributed by atoms with Crippen LogP contribution in [0.15, 0.2) is 22.8 Å². The lowest BCUT2D eigenvalue weighted by Gasteiger charge is -1.98. The second-order valence-corrected chi connectivity index (χ2v) is 2.49. The number of hydrogen-bond acceptors (Lipinski definition) is 5. The lowest BCUT2D eigenvalue weighted by molar-refractivity contribution is 0.554. The quantitative estimate of drug-likeness (QED) is 0.710. The molecule has 13 heavy (non-hydrogen) atoms. The van der Waals surface area contributed by atoms with E-state index in [0.717, 1.165) is 0 Å². The van der Waals surface area contributed by atoms with Gasteiger partial charge in [0.15, 0.2) is 5.76 Å². The van der Waals surface area contributed by atoms with Crippen molar-refractivity contribution in [1.82, 2.24) is 20.2 Å². The van der Waals surface area contributed by atoms with E-state index < -0.39 is 0 Å². The molecule has 0 saturated carbocycles. The number of nitrogens with two attached hydrogens (primary N) is 1. The van der Waals surface area contributed by atoms with Crippen molar-refractivity contribution in [3.63, 3.8) is 0 Å². The fourth-order valence-corrected chi connectivity index (χ4v) is 1.06. The van der Waals surface area contributed by atoms with E-state index in [9.17, 15) is 0 Å². The van der Waals surface area contributed by atoms with E-state index in [0.29, 0.717) is 24.7 Å². The maximum absolute atomic E-state index is 5.40. The van der Waals surface area contributed by atoms with E-state index in [-0.39, 0.29) is 0 Å². The third kappa shape index (κ3) is 1.43. The summed E-state index contributed by atoms with van der Waals surface area (Å²) in [4.78, 5) is 0. The minimum absolute atomic E-state index is 0.499. The van der Waals surface area contributed by atoms with Crippen LogP contribution in [0.2, 0.25) is 0 Å². The van der Waals surface area contributed by atoms with Crippen LogP contribution in [0.3, 0.4) is 0 Å². The summed E-state index contributed by atoms with van der Waals surface area (Å²) in [5.74, 6) is 1.26. The standard InChI is InChI=1S/C7H9N5O/c8-3-4-12-7(9-10-11-12)6-2-1-5-13-6/h1-2,5H,3-4,8H2. The molecule has 2 N–H and O–H groups in total. The summed E-state index contributed by atoms with van der Waals surface area (Å²) in [6.07, 6.45) is 1.58. The third-order valence-corrected chi connectivity index (χ3v) is 1.61. The van der Waals surface area contributed by atoms with E-state index in [4.69, 9.17) is 10.2 Å². The van der Waals surface area contributed by atoms with Gasteiger partial charge in [-0.25, -0.2) is 4.68 Å². The van der Waals surface area contributed by atoms with Gasteiger partial charge < -0.3 is 10.2 Å². The number of tetrazole rings is 1.